The number of nitrogens with one attached hydrogen (secondary N) is 1. The van der Waals surface area contributed by atoms with Crippen LogP contribution in [0.5, 0.6) is 0 Å². The van der Waals surface area contributed by atoms with E-state index in [0.717, 1.165) is 21.5 Å². The minimum Gasteiger partial charge on any atom is -0.379 e. The third-order valence-corrected chi connectivity index (χ3v) is 3.49. The zero-order valence-electron chi connectivity index (χ0n) is 10.9. The van der Waals surface area contributed by atoms with Crippen LogP contribution in [-0.2, 0) is 6.54 Å². The molecule has 0 saturated carbocycles. The summed E-state index contributed by atoms with van der Waals surface area (Å²) in [6.45, 7) is 0.553. The van der Waals surface area contributed by atoms with Gasteiger partial charge >= 0.3 is 0 Å². The Kier molecular flexibility index (Phi) is 3.57. The monoisotopic (exact) mass is 346 g/mol. The molecule has 7 heteroatoms. The first-order chi connectivity index (χ1) is 10.1. The van der Waals surface area contributed by atoms with Gasteiger partial charge in [0.15, 0.2) is 0 Å². The van der Waals surface area contributed by atoms with E-state index >= 15 is 0 Å². The smallest absolute Gasteiger partial charge is 0.269 e. The van der Waals surface area contributed by atoms with Crippen molar-refractivity contribution in [2.75, 3.05) is 5.32 Å². The molecular formula is C14H11BrN4O2. The molecule has 6 nitrogen and oxygen atoms in total. The van der Waals surface area contributed by atoms with Crippen LogP contribution in [0.3, 0.4) is 0 Å². The summed E-state index contributed by atoms with van der Waals surface area (Å²) < 4.78 is 2.93. The fourth-order valence-corrected chi connectivity index (χ4v) is 2.35. The molecule has 0 fully saturated rings. The summed E-state index contributed by atoms with van der Waals surface area (Å²) >= 11 is 3.42. The molecule has 2 aromatic heterocycles. The van der Waals surface area contributed by atoms with Gasteiger partial charge in [-0.05, 0) is 40.2 Å². The fraction of sp³-hybridized carbons (Fsp3) is 0.0714. The van der Waals surface area contributed by atoms with Crippen LogP contribution >= 0.6 is 15.9 Å². The number of imidazole rings is 1. The molecule has 0 spiro atoms. The Labute approximate surface area is 128 Å². The molecule has 0 saturated heterocycles. The average molecular weight is 347 g/mol. The van der Waals surface area contributed by atoms with Gasteiger partial charge in [-0.1, -0.05) is 0 Å². The Bertz CT molecular complexity index is 798. The third-order valence-electron chi connectivity index (χ3n) is 3.02. The first-order valence-electron chi connectivity index (χ1n) is 6.23. The minimum atomic E-state index is -0.413. The van der Waals surface area contributed by atoms with Crippen molar-refractivity contribution in [1.82, 2.24) is 9.38 Å². The van der Waals surface area contributed by atoms with E-state index in [1.54, 1.807) is 12.1 Å². The molecule has 0 bridgehead atoms. The number of anilines is 1. The van der Waals surface area contributed by atoms with Gasteiger partial charge in [0.1, 0.15) is 5.65 Å². The number of nitro benzene ring substituents is 1. The zero-order valence-corrected chi connectivity index (χ0v) is 12.4. The summed E-state index contributed by atoms with van der Waals surface area (Å²) in [5.41, 5.74) is 2.67. The van der Waals surface area contributed by atoms with Crippen LogP contribution in [0.4, 0.5) is 11.4 Å². The number of aromatic nitrogens is 2. The maximum absolute atomic E-state index is 10.6. The van der Waals surface area contributed by atoms with Gasteiger partial charge in [0, 0.05) is 34.7 Å². The SMILES string of the molecule is O=[N+]([O-])c1ccc(NCc2cn3cc(Br)ccc3n2)cc1. The maximum Gasteiger partial charge on any atom is 0.269 e. The summed E-state index contributed by atoms with van der Waals surface area (Å²) in [6.07, 6.45) is 3.89. The molecule has 3 rings (SSSR count). The molecule has 21 heavy (non-hydrogen) atoms. The van der Waals surface area contributed by atoms with Crippen molar-refractivity contribution in [3.8, 4) is 0 Å². The van der Waals surface area contributed by atoms with Gasteiger partial charge in [-0.3, -0.25) is 10.1 Å². The minimum absolute atomic E-state index is 0.0816. The van der Waals surface area contributed by atoms with E-state index in [1.807, 2.05) is 28.9 Å². The molecule has 2 heterocycles. The molecule has 0 aliphatic carbocycles. The number of nitrogens with zero attached hydrogens (tertiary/aromatic N) is 3. The number of pyridine rings is 1. The number of hydrogen-bond acceptors (Lipinski definition) is 4. The quantitative estimate of drug-likeness (QED) is 0.578. The largest absolute Gasteiger partial charge is 0.379 e. The van der Waals surface area contributed by atoms with E-state index < -0.39 is 4.92 Å². The van der Waals surface area contributed by atoms with Gasteiger partial charge in [0.25, 0.3) is 5.69 Å². The molecule has 0 amide bonds. The van der Waals surface area contributed by atoms with E-state index in [0.29, 0.717) is 6.54 Å². The molecule has 3 aromatic rings. The lowest BCUT2D eigenvalue weighted by Crippen LogP contribution is -1.99. The number of benzene rings is 1. The third kappa shape index (κ3) is 3.03. The highest BCUT2D eigenvalue weighted by Gasteiger charge is 2.05. The summed E-state index contributed by atoms with van der Waals surface area (Å²) in [5, 5.41) is 13.8. The summed E-state index contributed by atoms with van der Waals surface area (Å²) in [7, 11) is 0. The second-order valence-electron chi connectivity index (χ2n) is 4.50. The lowest BCUT2D eigenvalue weighted by atomic mass is 10.3. The number of fused-ring (bicyclic) bond motifs is 1. The summed E-state index contributed by atoms with van der Waals surface area (Å²) in [6, 6.07) is 10.2. The molecule has 0 atom stereocenters. The average Bonchev–Trinajstić information content (AvgIpc) is 2.87. The highest BCUT2D eigenvalue weighted by molar-refractivity contribution is 9.10. The lowest BCUT2D eigenvalue weighted by molar-refractivity contribution is -0.384. The normalized spacial score (nSPS) is 10.7. The van der Waals surface area contributed by atoms with Gasteiger partial charge in [-0.2, -0.15) is 0 Å². The van der Waals surface area contributed by atoms with Crippen LogP contribution in [0.1, 0.15) is 5.69 Å². The van der Waals surface area contributed by atoms with Crippen molar-refractivity contribution in [3.05, 3.63) is 69.1 Å². The molecule has 0 unspecified atom stereocenters. The van der Waals surface area contributed by atoms with E-state index in [4.69, 9.17) is 0 Å². The highest BCUT2D eigenvalue weighted by atomic mass is 79.9. The molecule has 0 radical (unpaired) electrons. The molecule has 1 N–H and O–H groups in total. The molecular weight excluding hydrogens is 336 g/mol. The van der Waals surface area contributed by atoms with Crippen molar-refractivity contribution in [3.63, 3.8) is 0 Å². The predicted molar refractivity (Wildman–Crippen MR) is 83.3 cm³/mol. The van der Waals surface area contributed by atoms with Crippen molar-refractivity contribution in [2.24, 2.45) is 0 Å². The number of non-ortho nitro benzene ring substituents is 1. The topological polar surface area (TPSA) is 72.5 Å². The second-order valence-corrected chi connectivity index (χ2v) is 5.42. The van der Waals surface area contributed by atoms with Gasteiger partial charge in [-0.25, -0.2) is 4.98 Å². The number of halogens is 1. The standard InChI is InChI=1S/C14H11BrN4O2/c15-10-1-6-14-17-12(9-18(14)8-10)7-16-11-2-4-13(5-3-11)19(20)21/h1-6,8-9,16H,7H2. The van der Waals surface area contributed by atoms with Crippen LogP contribution in [0.25, 0.3) is 5.65 Å². The van der Waals surface area contributed by atoms with E-state index in [-0.39, 0.29) is 5.69 Å². The summed E-state index contributed by atoms with van der Waals surface area (Å²) in [4.78, 5) is 14.7. The van der Waals surface area contributed by atoms with Gasteiger partial charge in [0.05, 0.1) is 17.2 Å². The van der Waals surface area contributed by atoms with Gasteiger partial charge in [0.2, 0.25) is 0 Å². The number of rotatable bonds is 4. The fourth-order valence-electron chi connectivity index (χ4n) is 2.00. The Morgan fingerprint density at radius 1 is 1.19 bits per heavy atom. The van der Waals surface area contributed by atoms with Crippen molar-refractivity contribution < 1.29 is 4.92 Å². The van der Waals surface area contributed by atoms with E-state index in [9.17, 15) is 10.1 Å². The number of nitro groups is 1. The Balaban J connectivity index is 1.72. The van der Waals surface area contributed by atoms with Crippen LogP contribution in [0.2, 0.25) is 0 Å². The van der Waals surface area contributed by atoms with Crippen LogP contribution in [0, 0.1) is 10.1 Å². The van der Waals surface area contributed by atoms with Crippen molar-refractivity contribution >= 4 is 33.0 Å². The Morgan fingerprint density at radius 3 is 2.67 bits per heavy atom. The Hall–Kier alpha value is -2.41. The van der Waals surface area contributed by atoms with Crippen LogP contribution in [0.15, 0.2) is 53.3 Å². The lowest BCUT2D eigenvalue weighted by Gasteiger charge is -2.03. The second kappa shape index (κ2) is 5.53. The highest BCUT2D eigenvalue weighted by Crippen LogP contribution is 2.17. The number of hydrogen-bond donors (Lipinski definition) is 1. The molecule has 106 valence electrons. The molecule has 1 aromatic carbocycles. The van der Waals surface area contributed by atoms with Gasteiger partial charge in [-0.15, -0.1) is 0 Å². The molecule has 0 aliphatic rings. The Morgan fingerprint density at radius 2 is 1.95 bits per heavy atom. The van der Waals surface area contributed by atoms with Crippen LogP contribution < -0.4 is 5.32 Å². The summed E-state index contributed by atoms with van der Waals surface area (Å²) in [5.74, 6) is 0. The van der Waals surface area contributed by atoms with Crippen molar-refractivity contribution in [1.29, 1.82) is 0 Å². The zero-order chi connectivity index (χ0) is 14.8. The van der Waals surface area contributed by atoms with Crippen LogP contribution in [-0.4, -0.2) is 14.3 Å². The first-order valence-corrected chi connectivity index (χ1v) is 7.02. The van der Waals surface area contributed by atoms with E-state index in [2.05, 4.69) is 26.2 Å². The molecule has 0 aliphatic heterocycles. The van der Waals surface area contributed by atoms with E-state index in [1.165, 1.54) is 12.1 Å². The maximum atomic E-state index is 10.6. The van der Waals surface area contributed by atoms with Crippen molar-refractivity contribution in [2.45, 2.75) is 6.54 Å². The van der Waals surface area contributed by atoms with Gasteiger partial charge < -0.3 is 9.72 Å². The first kappa shape index (κ1) is 13.6. The predicted octanol–water partition coefficient (Wildman–Crippen LogP) is 3.62.